The van der Waals surface area contributed by atoms with E-state index >= 15 is 0 Å². The number of nitriles is 1. The Kier molecular flexibility index (Phi) is 8.61. The van der Waals surface area contributed by atoms with Crippen LogP contribution in [0.15, 0.2) is 0 Å². The average molecular weight is 221 g/mol. The van der Waals surface area contributed by atoms with Crippen LogP contribution >= 0.6 is 0 Å². The maximum atomic E-state index is 8.32. The molecule has 0 aromatic heterocycles. The molecule has 76 valence electrons. The van der Waals surface area contributed by atoms with Crippen molar-refractivity contribution in [2.24, 2.45) is 5.92 Å². The van der Waals surface area contributed by atoms with Crippen LogP contribution in [-0.2, 0) is 17.1 Å². The number of hydrogen-bond donors (Lipinski definition) is 0. The van der Waals surface area contributed by atoms with Gasteiger partial charge in [0.1, 0.15) is 0 Å². The van der Waals surface area contributed by atoms with E-state index in [-0.39, 0.29) is 17.1 Å². The number of nitrogens with zero attached hydrogens (tertiary/aromatic N) is 1. The summed E-state index contributed by atoms with van der Waals surface area (Å²) in [4.78, 5) is 0. The van der Waals surface area contributed by atoms with E-state index in [9.17, 15) is 0 Å². The van der Waals surface area contributed by atoms with Gasteiger partial charge >= 0.3 is 0 Å². The predicted molar refractivity (Wildman–Crippen MR) is 50.7 cm³/mol. The fourth-order valence-electron chi connectivity index (χ4n) is 1.94. The minimum Gasteiger partial charge on any atom is -0.198 e. The van der Waals surface area contributed by atoms with E-state index in [2.05, 4.69) is 6.07 Å². The van der Waals surface area contributed by atoms with E-state index < -0.39 is 0 Å². The molecule has 0 aliphatic heterocycles. The standard InChI is InChI=1S/C6H9N.C5H10.Fe/c7-5-6-3-1-2-4-6;1-2-4-5-3-1;/h6H,1-4H2;1-5H2;. The molecular weight excluding hydrogens is 202 g/mol. The van der Waals surface area contributed by atoms with Gasteiger partial charge in [-0.25, -0.2) is 0 Å². The van der Waals surface area contributed by atoms with Crippen LogP contribution < -0.4 is 0 Å². The van der Waals surface area contributed by atoms with Gasteiger partial charge in [-0.3, -0.25) is 0 Å². The van der Waals surface area contributed by atoms with Crippen molar-refractivity contribution in [2.45, 2.75) is 57.8 Å². The van der Waals surface area contributed by atoms with Gasteiger partial charge in [-0.1, -0.05) is 44.9 Å². The molecule has 0 heterocycles. The monoisotopic (exact) mass is 221 g/mol. The Morgan fingerprint density at radius 1 is 0.769 bits per heavy atom. The summed E-state index contributed by atoms with van der Waals surface area (Å²) in [7, 11) is 0. The van der Waals surface area contributed by atoms with Gasteiger partial charge in [0.05, 0.1) is 6.07 Å². The van der Waals surface area contributed by atoms with Crippen LogP contribution in [0, 0.1) is 17.2 Å². The zero-order valence-corrected chi connectivity index (χ0v) is 9.35. The molecule has 0 N–H and O–H groups in total. The predicted octanol–water partition coefficient (Wildman–Crippen LogP) is 3.65. The first-order valence-corrected chi connectivity index (χ1v) is 5.33. The fraction of sp³-hybridized carbons (Fsp3) is 0.909. The van der Waals surface area contributed by atoms with Crippen molar-refractivity contribution in [3.8, 4) is 6.07 Å². The molecule has 0 aromatic rings. The van der Waals surface area contributed by atoms with Gasteiger partial charge in [-0.15, -0.1) is 0 Å². The molecule has 0 unspecified atom stereocenters. The quantitative estimate of drug-likeness (QED) is 0.573. The van der Waals surface area contributed by atoms with E-state index in [1.165, 1.54) is 44.9 Å². The first-order chi connectivity index (χ1) is 5.93. The van der Waals surface area contributed by atoms with Crippen LogP contribution in [-0.4, -0.2) is 0 Å². The van der Waals surface area contributed by atoms with Crippen molar-refractivity contribution in [1.29, 1.82) is 5.26 Å². The third kappa shape index (κ3) is 6.13. The van der Waals surface area contributed by atoms with Crippen LogP contribution in [0.5, 0.6) is 0 Å². The van der Waals surface area contributed by atoms with Crippen molar-refractivity contribution in [1.82, 2.24) is 0 Å². The zero-order chi connectivity index (χ0) is 8.65. The van der Waals surface area contributed by atoms with Crippen molar-refractivity contribution in [3.05, 3.63) is 0 Å². The Balaban J connectivity index is 0.000000215. The summed E-state index contributed by atoms with van der Waals surface area (Å²) >= 11 is 0. The largest absolute Gasteiger partial charge is 0.198 e. The molecule has 0 spiro atoms. The second kappa shape index (κ2) is 8.60. The van der Waals surface area contributed by atoms with Gasteiger partial charge in [0.15, 0.2) is 0 Å². The topological polar surface area (TPSA) is 23.8 Å². The van der Waals surface area contributed by atoms with Gasteiger partial charge in [0.2, 0.25) is 0 Å². The summed E-state index contributed by atoms with van der Waals surface area (Å²) in [5.74, 6) is 0.403. The van der Waals surface area contributed by atoms with E-state index in [1.54, 1.807) is 0 Å². The van der Waals surface area contributed by atoms with Crippen LogP contribution in [0.25, 0.3) is 0 Å². The number of hydrogen-bond acceptors (Lipinski definition) is 1. The minimum atomic E-state index is 0. The summed E-state index contributed by atoms with van der Waals surface area (Å²) in [6.07, 6.45) is 12.4. The first kappa shape index (κ1) is 13.0. The van der Waals surface area contributed by atoms with E-state index in [1.807, 2.05) is 0 Å². The number of rotatable bonds is 0. The normalized spacial score (nSPS) is 21.2. The van der Waals surface area contributed by atoms with Gasteiger partial charge in [0, 0.05) is 23.0 Å². The Morgan fingerprint density at radius 2 is 1.15 bits per heavy atom. The third-order valence-corrected chi connectivity index (χ3v) is 2.79. The van der Waals surface area contributed by atoms with Crippen LogP contribution in [0.3, 0.4) is 0 Å². The Hall–Kier alpha value is 0.00948. The maximum Gasteiger partial charge on any atom is 0.0655 e. The third-order valence-electron chi connectivity index (χ3n) is 2.79. The van der Waals surface area contributed by atoms with Crippen LogP contribution in [0.4, 0.5) is 0 Å². The Morgan fingerprint density at radius 3 is 1.38 bits per heavy atom. The second-order valence-electron chi connectivity index (χ2n) is 3.88. The van der Waals surface area contributed by atoms with E-state index in [4.69, 9.17) is 5.26 Å². The first-order valence-electron chi connectivity index (χ1n) is 5.33. The SMILES string of the molecule is C1CCCC1.N#CC1CCCC1.[Fe]. The van der Waals surface area contributed by atoms with Crippen LogP contribution in [0.1, 0.15) is 57.8 Å². The summed E-state index contributed by atoms with van der Waals surface area (Å²) in [6.45, 7) is 0. The van der Waals surface area contributed by atoms with Crippen molar-refractivity contribution < 1.29 is 17.1 Å². The molecule has 2 aliphatic rings. The summed E-state index contributed by atoms with van der Waals surface area (Å²) < 4.78 is 0. The maximum absolute atomic E-state index is 8.32. The van der Waals surface area contributed by atoms with E-state index in [0.717, 1.165) is 12.8 Å². The van der Waals surface area contributed by atoms with Gasteiger partial charge < -0.3 is 0 Å². The summed E-state index contributed by atoms with van der Waals surface area (Å²) in [6, 6.07) is 2.26. The molecule has 0 aromatic carbocycles. The van der Waals surface area contributed by atoms with Crippen molar-refractivity contribution in [2.75, 3.05) is 0 Å². The minimum absolute atomic E-state index is 0. The Bertz CT molecular complexity index is 133. The van der Waals surface area contributed by atoms with Crippen molar-refractivity contribution >= 4 is 0 Å². The van der Waals surface area contributed by atoms with Gasteiger partial charge in [-0.05, 0) is 12.8 Å². The Labute approximate surface area is 92.4 Å². The van der Waals surface area contributed by atoms with Crippen LogP contribution in [0.2, 0.25) is 0 Å². The smallest absolute Gasteiger partial charge is 0.0655 e. The molecule has 13 heavy (non-hydrogen) atoms. The molecular formula is C11H19FeN. The molecule has 2 heteroatoms. The summed E-state index contributed by atoms with van der Waals surface area (Å²) in [5, 5.41) is 8.32. The van der Waals surface area contributed by atoms with E-state index in [0.29, 0.717) is 5.92 Å². The molecule has 2 aliphatic carbocycles. The fourth-order valence-corrected chi connectivity index (χ4v) is 1.94. The molecule has 0 radical (unpaired) electrons. The summed E-state index contributed by atoms with van der Waals surface area (Å²) in [5.41, 5.74) is 0. The zero-order valence-electron chi connectivity index (χ0n) is 8.24. The molecule has 2 fully saturated rings. The molecule has 0 saturated heterocycles. The molecule has 0 atom stereocenters. The second-order valence-corrected chi connectivity index (χ2v) is 3.88. The molecule has 0 amide bonds. The van der Waals surface area contributed by atoms with Crippen molar-refractivity contribution in [3.63, 3.8) is 0 Å². The van der Waals surface area contributed by atoms with Gasteiger partial charge in [0.25, 0.3) is 0 Å². The molecule has 2 rings (SSSR count). The molecule has 0 bridgehead atoms. The molecule has 2 saturated carbocycles. The molecule has 1 nitrogen and oxygen atoms in total. The average Bonchev–Trinajstić information content (AvgIpc) is 2.81. The van der Waals surface area contributed by atoms with Gasteiger partial charge in [-0.2, -0.15) is 5.26 Å².